The number of anilines is 1. The minimum absolute atomic E-state index is 0.0321. The van der Waals surface area contributed by atoms with E-state index >= 15 is 0 Å². The van der Waals surface area contributed by atoms with E-state index < -0.39 is 27.8 Å². The fraction of sp³-hybridized carbons (Fsp3) is 0.150. The second kappa shape index (κ2) is 8.40. The first-order chi connectivity index (χ1) is 14.8. The summed E-state index contributed by atoms with van der Waals surface area (Å²) >= 11 is 5.80. The third kappa shape index (κ3) is 4.54. The number of aromatic nitrogens is 2. The number of carbonyl (C=O) groups excluding carboxylic acids is 1. The summed E-state index contributed by atoms with van der Waals surface area (Å²) in [5.74, 6) is 0.505. The van der Waals surface area contributed by atoms with Gasteiger partial charge in [-0.3, -0.25) is 9.59 Å². The van der Waals surface area contributed by atoms with E-state index in [2.05, 4.69) is 10.4 Å². The number of nitrogens with zero attached hydrogens (tertiary/aromatic N) is 2. The van der Waals surface area contributed by atoms with E-state index in [9.17, 15) is 18.0 Å². The largest absolute Gasteiger partial charge is 0.486 e. The highest BCUT2D eigenvalue weighted by Gasteiger charge is 2.21. The number of fused-ring (bicyclic) bond motifs is 1. The number of hydrogen-bond acceptors (Lipinski definition) is 7. The van der Waals surface area contributed by atoms with E-state index in [0.29, 0.717) is 35.4 Å². The molecule has 1 N–H and O–H groups in total. The van der Waals surface area contributed by atoms with E-state index in [1.54, 1.807) is 18.2 Å². The molecule has 0 fully saturated rings. The number of amides is 1. The summed E-state index contributed by atoms with van der Waals surface area (Å²) in [6, 6.07) is 12.6. The van der Waals surface area contributed by atoms with Gasteiger partial charge in [0.2, 0.25) is 15.7 Å². The molecule has 0 saturated heterocycles. The second-order valence-electron chi connectivity index (χ2n) is 6.53. The van der Waals surface area contributed by atoms with Crippen LogP contribution in [0, 0.1) is 0 Å². The van der Waals surface area contributed by atoms with Crippen molar-refractivity contribution in [3.8, 4) is 11.5 Å². The molecule has 1 amide bonds. The molecule has 1 aromatic heterocycles. The number of hydrogen-bond donors (Lipinski definition) is 1. The molecule has 2 aromatic carbocycles. The van der Waals surface area contributed by atoms with Crippen molar-refractivity contribution in [2.75, 3.05) is 18.5 Å². The van der Waals surface area contributed by atoms with Crippen LogP contribution in [0.5, 0.6) is 11.5 Å². The number of carbonyl (C=O) groups is 1. The molecule has 4 rings (SSSR count). The highest BCUT2D eigenvalue weighted by molar-refractivity contribution is 7.91. The topological polar surface area (TPSA) is 117 Å². The van der Waals surface area contributed by atoms with Crippen LogP contribution in [-0.2, 0) is 21.2 Å². The summed E-state index contributed by atoms with van der Waals surface area (Å²) in [7, 11) is -3.99. The number of halogens is 1. The minimum Gasteiger partial charge on any atom is -0.486 e. The Balaban J connectivity index is 1.54. The molecule has 0 unspecified atom stereocenters. The number of sulfone groups is 1. The second-order valence-corrected chi connectivity index (χ2v) is 8.86. The van der Waals surface area contributed by atoms with Gasteiger partial charge in [0, 0.05) is 22.8 Å². The number of benzene rings is 2. The van der Waals surface area contributed by atoms with Crippen molar-refractivity contribution in [3.63, 3.8) is 0 Å². The van der Waals surface area contributed by atoms with Crippen molar-refractivity contribution in [2.45, 2.75) is 16.5 Å². The first-order valence-corrected chi connectivity index (χ1v) is 11.0. The van der Waals surface area contributed by atoms with Gasteiger partial charge in [-0.25, -0.2) is 13.1 Å². The molecule has 1 aliphatic heterocycles. The van der Waals surface area contributed by atoms with Crippen LogP contribution in [-0.4, -0.2) is 37.3 Å². The molecule has 31 heavy (non-hydrogen) atoms. The maximum Gasteiger partial charge on any atom is 0.267 e. The molecule has 2 heterocycles. The van der Waals surface area contributed by atoms with Gasteiger partial charge in [0.25, 0.3) is 5.56 Å². The summed E-state index contributed by atoms with van der Waals surface area (Å²) in [6.07, 6.45) is 0. The summed E-state index contributed by atoms with van der Waals surface area (Å²) in [6.45, 7) is 0.373. The van der Waals surface area contributed by atoms with Gasteiger partial charge in [0.15, 0.2) is 16.5 Å². The lowest BCUT2D eigenvalue weighted by Crippen LogP contribution is -2.30. The third-order valence-electron chi connectivity index (χ3n) is 4.36. The molecular weight excluding hydrogens is 446 g/mol. The van der Waals surface area contributed by atoms with Gasteiger partial charge in [0.1, 0.15) is 19.8 Å². The van der Waals surface area contributed by atoms with Crippen LogP contribution >= 0.6 is 11.6 Å². The monoisotopic (exact) mass is 461 g/mol. The Labute approximate surface area is 182 Å². The highest BCUT2D eigenvalue weighted by atomic mass is 35.5. The van der Waals surface area contributed by atoms with Crippen molar-refractivity contribution >= 4 is 33.0 Å². The van der Waals surface area contributed by atoms with Crippen LogP contribution in [0.15, 0.2) is 69.3 Å². The van der Waals surface area contributed by atoms with E-state index in [4.69, 9.17) is 21.1 Å². The normalized spacial score (nSPS) is 12.9. The smallest absolute Gasteiger partial charge is 0.267 e. The zero-order valence-corrected chi connectivity index (χ0v) is 17.5. The quantitative estimate of drug-likeness (QED) is 0.618. The molecule has 11 heteroatoms. The SMILES string of the molecule is O=C(Cn1nc(S(=O)(=O)c2ccc(Cl)cc2)ccc1=O)Nc1ccc2c(c1)OCCO2. The molecule has 0 radical (unpaired) electrons. The number of nitrogens with one attached hydrogen (secondary N) is 1. The Bertz CT molecular complexity index is 1310. The molecule has 0 spiro atoms. The molecule has 0 saturated carbocycles. The van der Waals surface area contributed by atoms with Crippen molar-refractivity contribution in [2.24, 2.45) is 0 Å². The molecule has 1 aliphatic rings. The zero-order chi connectivity index (χ0) is 22.0. The first-order valence-electron chi connectivity index (χ1n) is 9.11. The Morgan fingerprint density at radius 3 is 2.48 bits per heavy atom. The standard InChI is InChI=1S/C20H16ClN3O6S/c21-13-1-4-15(5-2-13)31(27,28)19-7-8-20(26)24(23-19)12-18(25)22-14-3-6-16-17(11-14)30-10-9-29-16/h1-8,11H,9-10,12H2,(H,22,25). The summed E-state index contributed by atoms with van der Waals surface area (Å²) in [5.41, 5.74) is -0.181. The fourth-order valence-corrected chi connectivity index (χ4v) is 4.19. The van der Waals surface area contributed by atoms with Crippen LogP contribution in [0.1, 0.15) is 0 Å². The van der Waals surface area contributed by atoms with Gasteiger partial charge in [-0.2, -0.15) is 5.10 Å². The first kappa shape index (κ1) is 20.9. The molecule has 0 bridgehead atoms. The summed E-state index contributed by atoms with van der Waals surface area (Å²) in [4.78, 5) is 24.5. The van der Waals surface area contributed by atoms with Crippen molar-refractivity contribution in [1.82, 2.24) is 9.78 Å². The summed E-state index contributed by atoms with van der Waals surface area (Å²) in [5, 5.41) is 6.52. The molecule has 3 aromatic rings. The maximum atomic E-state index is 12.8. The van der Waals surface area contributed by atoms with Gasteiger partial charge >= 0.3 is 0 Å². The molecule has 160 valence electrons. The average molecular weight is 462 g/mol. The Morgan fingerprint density at radius 2 is 1.74 bits per heavy atom. The van der Waals surface area contributed by atoms with E-state index in [1.807, 2.05) is 0 Å². The zero-order valence-electron chi connectivity index (χ0n) is 15.9. The Kier molecular flexibility index (Phi) is 5.66. The van der Waals surface area contributed by atoms with Gasteiger partial charge < -0.3 is 14.8 Å². The lowest BCUT2D eigenvalue weighted by atomic mass is 10.2. The lowest BCUT2D eigenvalue weighted by molar-refractivity contribution is -0.117. The van der Waals surface area contributed by atoms with Crippen LogP contribution in [0.4, 0.5) is 5.69 Å². The van der Waals surface area contributed by atoms with Crippen LogP contribution in [0.3, 0.4) is 0 Å². The lowest BCUT2D eigenvalue weighted by Gasteiger charge is -2.19. The van der Waals surface area contributed by atoms with Gasteiger partial charge in [-0.05, 0) is 42.5 Å². The number of ether oxygens (including phenoxy) is 2. The predicted molar refractivity (Wildman–Crippen MR) is 111 cm³/mol. The molecule has 0 atom stereocenters. The van der Waals surface area contributed by atoms with Gasteiger partial charge in [-0.15, -0.1) is 0 Å². The van der Waals surface area contributed by atoms with Crippen molar-refractivity contribution in [1.29, 1.82) is 0 Å². The number of rotatable bonds is 5. The minimum atomic E-state index is -3.99. The Hall–Kier alpha value is -3.37. The van der Waals surface area contributed by atoms with E-state index in [-0.39, 0.29) is 9.92 Å². The fourth-order valence-electron chi connectivity index (χ4n) is 2.88. The molecule has 9 nitrogen and oxygen atoms in total. The van der Waals surface area contributed by atoms with Crippen molar-refractivity contribution in [3.05, 3.63) is 70.0 Å². The molecular formula is C20H16ClN3O6S. The predicted octanol–water partition coefficient (Wildman–Crippen LogP) is 2.14. The Morgan fingerprint density at radius 1 is 1.03 bits per heavy atom. The van der Waals surface area contributed by atoms with Crippen LogP contribution < -0.4 is 20.3 Å². The maximum absolute atomic E-state index is 12.8. The van der Waals surface area contributed by atoms with Crippen molar-refractivity contribution < 1.29 is 22.7 Å². The highest BCUT2D eigenvalue weighted by Crippen LogP contribution is 2.32. The molecule has 0 aliphatic carbocycles. The average Bonchev–Trinajstić information content (AvgIpc) is 2.75. The van der Waals surface area contributed by atoms with Crippen LogP contribution in [0.2, 0.25) is 5.02 Å². The van der Waals surface area contributed by atoms with Crippen LogP contribution in [0.25, 0.3) is 0 Å². The van der Waals surface area contributed by atoms with E-state index in [1.165, 1.54) is 24.3 Å². The van der Waals surface area contributed by atoms with E-state index in [0.717, 1.165) is 16.8 Å². The third-order valence-corrected chi connectivity index (χ3v) is 6.27. The van der Waals surface area contributed by atoms with Gasteiger partial charge in [-0.1, -0.05) is 11.6 Å². The summed E-state index contributed by atoms with van der Waals surface area (Å²) < 4.78 is 37.2. The van der Waals surface area contributed by atoms with Gasteiger partial charge in [0.05, 0.1) is 4.90 Å².